The van der Waals surface area contributed by atoms with Crippen LogP contribution in [0.4, 0.5) is 14.9 Å². The van der Waals surface area contributed by atoms with Gasteiger partial charge in [0.05, 0.1) is 35.2 Å². The van der Waals surface area contributed by atoms with E-state index in [4.69, 9.17) is 31.2 Å². The Morgan fingerprint density at radius 2 is 1.91 bits per heavy atom. The molecule has 2 aliphatic rings. The van der Waals surface area contributed by atoms with Gasteiger partial charge in [-0.25, -0.2) is 23.6 Å². The second-order valence-electron chi connectivity index (χ2n) is 12.9. The molecular weight excluding hydrogens is 615 g/mol. The van der Waals surface area contributed by atoms with Crippen LogP contribution in [0.1, 0.15) is 53.2 Å². The summed E-state index contributed by atoms with van der Waals surface area (Å²) in [6.45, 7) is 7.87. The molecule has 0 bridgehead atoms. The SMILES string of the molecule is CC(C)(C)OC(=O)N1CCN(c2cnc3ccc(-c4cn(C5CCCCO5)nc4-c4cc(Cl)ccc4F)nc3c2)C[C@]1(C)C(=O)O. The van der Waals surface area contributed by atoms with Crippen molar-refractivity contribution in [2.75, 3.05) is 31.1 Å². The number of aliphatic carboxylic acids is 1. The lowest BCUT2D eigenvalue weighted by Crippen LogP contribution is -2.66. The molecule has 2 aliphatic heterocycles. The molecular formula is C33H36ClFN6O5. The van der Waals surface area contributed by atoms with E-state index in [9.17, 15) is 14.7 Å². The molecule has 1 unspecified atom stereocenters. The topological polar surface area (TPSA) is 123 Å². The van der Waals surface area contributed by atoms with Gasteiger partial charge < -0.3 is 19.5 Å². The first-order valence-electron chi connectivity index (χ1n) is 15.2. The van der Waals surface area contributed by atoms with Crippen molar-refractivity contribution in [2.24, 2.45) is 0 Å². The van der Waals surface area contributed by atoms with Crippen LogP contribution in [0.5, 0.6) is 0 Å². The molecule has 13 heteroatoms. The Bertz CT molecular complexity index is 1800. The van der Waals surface area contributed by atoms with Crippen molar-refractivity contribution >= 4 is 40.4 Å². The third-order valence-electron chi connectivity index (χ3n) is 8.29. The van der Waals surface area contributed by atoms with Gasteiger partial charge in [0.25, 0.3) is 0 Å². The zero-order valence-electron chi connectivity index (χ0n) is 26.2. The van der Waals surface area contributed by atoms with Gasteiger partial charge in [-0.05, 0) is 83.4 Å². The van der Waals surface area contributed by atoms with Crippen molar-refractivity contribution < 1.29 is 28.6 Å². The predicted octanol–water partition coefficient (Wildman–Crippen LogP) is 6.55. The second kappa shape index (κ2) is 12.1. The van der Waals surface area contributed by atoms with Gasteiger partial charge >= 0.3 is 12.1 Å². The van der Waals surface area contributed by atoms with E-state index in [-0.39, 0.29) is 24.9 Å². The van der Waals surface area contributed by atoms with Crippen molar-refractivity contribution in [2.45, 2.75) is 64.3 Å². The maximum Gasteiger partial charge on any atom is 0.411 e. The van der Waals surface area contributed by atoms with E-state index < -0.39 is 29.0 Å². The van der Waals surface area contributed by atoms with E-state index in [1.54, 1.807) is 37.7 Å². The number of ether oxygens (including phenoxy) is 2. The van der Waals surface area contributed by atoms with E-state index in [0.29, 0.717) is 51.8 Å². The van der Waals surface area contributed by atoms with Gasteiger partial charge in [-0.1, -0.05) is 11.6 Å². The molecule has 6 rings (SSSR count). The number of amides is 1. The number of rotatable bonds is 5. The summed E-state index contributed by atoms with van der Waals surface area (Å²) >= 11 is 6.26. The van der Waals surface area contributed by atoms with Crippen LogP contribution in [0.15, 0.2) is 48.8 Å². The first-order chi connectivity index (χ1) is 21.8. The van der Waals surface area contributed by atoms with E-state index in [1.807, 2.05) is 29.3 Å². The number of pyridine rings is 2. The predicted molar refractivity (Wildman–Crippen MR) is 171 cm³/mol. The minimum Gasteiger partial charge on any atom is -0.479 e. The normalized spacial score (nSPS) is 20.6. The molecule has 2 fully saturated rings. The number of anilines is 1. The highest BCUT2D eigenvalue weighted by Crippen LogP contribution is 2.36. The number of carboxylic acid groups (broad SMARTS) is 1. The number of nitrogens with zero attached hydrogens (tertiary/aromatic N) is 6. The van der Waals surface area contributed by atoms with Crippen LogP contribution < -0.4 is 4.90 Å². The Morgan fingerprint density at radius 3 is 2.63 bits per heavy atom. The highest BCUT2D eigenvalue weighted by Gasteiger charge is 2.48. The third kappa shape index (κ3) is 6.23. The van der Waals surface area contributed by atoms with E-state index in [1.165, 1.54) is 24.0 Å². The standard InChI is InChI=1S/C33H36ClFN6O5/c1-32(2,3)46-31(44)40-13-12-39(19-33(40,4)30(42)43)21-16-27-26(36-17-21)11-10-25(37-27)23-18-41(28-7-5-6-14-45-28)38-29(23)22-15-20(34)8-9-24(22)35/h8-11,15-18,28H,5-7,12-14,19H2,1-4H3,(H,42,43)/t28?,33-/m1/s1. The lowest BCUT2D eigenvalue weighted by Gasteiger charge is -2.46. The number of benzene rings is 1. The zero-order chi connectivity index (χ0) is 32.8. The summed E-state index contributed by atoms with van der Waals surface area (Å²) in [4.78, 5) is 38.1. The van der Waals surface area contributed by atoms with Crippen LogP contribution >= 0.6 is 11.6 Å². The molecule has 5 heterocycles. The molecule has 46 heavy (non-hydrogen) atoms. The molecule has 0 aliphatic carbocycles. The van der Waals surface area contributed by atoms with Crippen molar-refractivity contribution in [1.29, 1.82) is 0 Å². The van der Waals surface area contributed by atoms with Crippen molar-refractivity contribution in [3.05, 3.63) is 59.6 Å². The van der Waals surface area contributed by atoms with E-state index in [0.717, 1.165) is 19.3 Å². The van der Waals surface area contributed by atoms with Gasteiger partial charge in [-0.3, -0.25) is 9.88 Å². The lowest BCUT2D eigenvalue weighted by molar-refractivity contribution is -0.150. The maximum absolute atomic E-state index is 15.1. The van der Waals surface area contributed by atoms with Gasteiger partial charge in [-0.15, -0.1) is 0 Å². The van der Waals surface area contributed by atoms with E-state index >= 15 is 4.39 Å². The van der Waals surface area contributed by atoms with Crippen molar-refractivity contribution in [3.63, 3.8) is 0 Å². The number of hydrogen-bond acceptors (Lipinski definition) is 8. The molecule has 0 saturated carbocycles. The summed E-state index contributed by atoms with van der Waals surface area (Å²) in [6, 6.07) is 9.83. The first-order valence-corrected chi connectivity index (χ1v) is 15.6. The Hall–Kier alpha value is -4.29. The Balaban J connectivity index is 1.36. The summed E-state index contributed by atoms with van der Waals surface area (Å²) in [5.41, 5.74) is 1.32. The molecule has 4 aromatic rings. The largest absolute Gasteiger partial charge is 0.479 e. The van der Waals surface area contributed by atoms with Gasteiger partial charge in [0, 0.05) is 42.0 Å². The average molecular weight is 651 g/mol. The lowest BCUT2D eigenvalue weighted by atomic mass is 9.96. The third-order valence-corrected chi connectivity index (χ3v) is 8.53. The van der Waals surface area contributed by atoms with E-state index in [2.05, 4.69) is 4.98 Å². The van der Waals surface area contributed by atoms with Gasteiger partial charge in [0.1, 0.15) is 23.3 Å². The fourth-order valence-electron chi connectivity index (χ4n) is 5.87. The summed E-state index contributed by atoms with van der Waals surface area (Å²) < 4.78 is 28.3. The smallest absolute Gasteiger partial charge is 0.411 e. The molecule has 1 N–H and O–H groups in total. The number of piperazine rings is 1. The van der Waals surface area contributed by atoms with Crippen LogP contribution in [0.25, 0.3) is 33.5 Å². The number of fused-ring (bicyclic) bond motifs is 1. The summed E-state index contributed by atoms with van der Waals surface area (Å²) in [5.74, 6) is -1.60. The number of aromatic nitrogens is 4. The minimum atomic E-state index is -1.55. The molecule has 1 aromatic carbocycles. The highest BCUT2D eigenvalue weighted by atomic mass is 35.5. The van der Waals surface area contributed by atoms with Gasteiger partial charge in [0.15, 0.2) is 5.54 Å². The van der Waals surface area contributed by atoms with Crippen LogP contribution in [0.3, 0.4) is 0 Å². The number of carbonyl (C=O) groups excluding carboxylic acids is 1. The Morgan fingerprint density at radius 1 is 1.11 bits per heavy atom. The number of hydrogen-bond donors (Lipinski definition) is 1. The monoisotopic (exact) mass is 650 g/mol. The summed E-state index contributed by atoms with van der Waals surface area (Å²) in [5, 5.41) is 15.4. The van der Waals surface area contributed by atoms with Crippen LogP contribution in [-0.4, -0.2) is 79.2 Å². The van der Waals surface area contributed by atoms with Crippen LogP contribution in [0.2, 0.25) is 5.02 Å². The second-order valence-corrected chi connectivity index (χ2v) is 13.3. The van der Waals surface area contributed by atoms with Crippen LogP contribution in [0, 0.1) is 5.82 Å². The fourth-order valence-corrected chi connectivity index (χ4v) is 6.04. The highest BCUT2D eigenvalue weighted by molar-refractivity contribution is 6.30. The molecule has 1 amide bonds. The Labute approximate surface area is 270 Å². The number of carbonyl (C=O) groups is 2. The maximum atomic E-state index is 15.1. The number of halogens is 2. The summed E-state index contributed by atoms with van der Waals surface area (Å²) in [6.07, 6.45) is 5.30. The van der Waals surface area contributed by atoms with Crippen molar-refractivity contribution in [3.8, 4) is 22.5 Å². The zero-order valence-corrected chi connectivity index (χ0v) is 26.9. The van der Waals surface area contributed by atoms with Crippen molar-refractivity contribution in [1.82, 2.24) is 24.6 Å². The molecule has 11 nitrogen and oxygen atoms in total. The molecule has 3 aromatic heterocycles. The van der Waals surface area contributed by atoms with Gasteiger partial charge in [0.2, 0.25) is 0 Å². The molecule has 0 radical (unpaired) electrons. The first kappa shape index (κ1) is 31.7. The van der Waals surface area contributed by atoms with Gasteiger partial charge in [-0.2, -0.15) is 5.10 Å². The molecule has 2 saturated heterocycles. The molecule has 0 spiro atoms. The quantitative estimate of drug-likeness (QED) is 0.256. The minimum absolute atomic E-state index is 0.0147. The van der Waals surface area contributed by atoms with Crippen LogP contribution in [-0.2, 0) is 14.3 Å². The fraction of sp³-hybridized carbons (Fsp3) is 0.424. The summed E-state index contributed by atoms with van der Waals surface area (Å²) in [7, 11) is 0. The number of carboxylic acids is 1. The molecule has 2 atom stereocenters. The molecule has 242 valence electrons. The average Bonchev–Trinajstić information content (AvgIpc) is 3.46. The Kier molecular flexibility index (Phi) is 8.36.